The van der Waals surface area contributed by atoms with E-state index in [4.69, 9.17) is 0 Å². The zero-order valence-corrected chi connectivity index (χ0v) is 25.0. The Bertz CT molecular complexity index is 1760. The SMILES string of the molecule is O=C(O)C(N=C(c1ccccc1)c1ccccc1N=C([O-])C1CCCN1Cc1ccccc1)C1N=C([O-])c2cc(F)ccc21.[Ni+2]. The molecule has 2 heterocycles. The number of benzene rings is 4. The van der Waals surface area contributed by atoms with E-state index in [-0.39, 0.29) is 39.7 Å². The molecular weight excluding hydrogens is 618 g/mol. The Hall–Kier alpha value is -4.66. The molecule has 6 rings (SSSR count). The maximum atomic E-state index is 13.9. The number of carboxylic acid groups (broad SMARTS) is 1. The van der Waals surface area contributed by atoms with E-state index in [0.717, 1.165) is 24.6 Å². The van der Waals surface area contributed by atoms with E-state index >= 15 is 0 Å². The van der Waals surface area contributed by atoms with Gasteiger partial charge in [0.2, 0.25) is 0 Å². The number of aliphatic imine (C=N–C) groups is 3. The van der Waals surface area contributed by atoms with Crippen molar-refractivity contribution in [1.82, 2.24) is 4.90 Å². The summed E-state index contributed by atoms with van der Waals surface area (Å²) >= 11 is 0. The maximum Gasteiger partial charge on any atom is 2.00 e. The molecule has 230 valence electrons. The minimum absolute atomic E-state index is 0. The van der Waals surface area contributed by atoms with Crippen molar-refractivity contribution < 1.29 is 41.0 Å². The van der Waals surface area contributed by atoms with Gasteiger partial charge in [0.15, 0.2) is 6.04 Å². The number of rotatable bonds is 9. The van der Waals surface area contributed by atoms with Crippen LogP contribution in [0, 0.1) is 5.82 Å². The van der Waals surface area contributed by atoms with Gasteiger partial charge in [0, 0.05) is 23.7 Å². The predicted molar refractivity (Wildman–Crippen MR) is 163 cm³/mol. The molecule has 45 heavy (non-hydrogen) atoms. The summed E-state index contributed by atoms with van der Waals surface area (Å²) in [6.45, 7) is 1.43. The second-order valence-electron chi connectivity index (χ2n) is 10.8. The summed E-state index contributed by atoms with van der Waals surface area (Å²) in [5.41, 5.74) is 3.15. The van der Waals surface area contributed by atoms with Crippen LogP contribution in [0.1, 0.15) is 46.7 Å². The monoisotopic (exact) mass is 646 g/mol. The third kappa shape index (κ3) is 6.87. The summed E-state index contributed by atoms with van der Waals surface area (Å²) in [5, 5.41) is 36.6. The van der Waals surface area contributed by atoms with E-state index in [1.807, 2.05) is 36.4 Å². The van der Waals surface area contributed by atoms with Gasteiger partial charge in [-0.3, -0.25) is 19.9 Å². The van der Waals surface area contributed by atoms with Crippen LogP contribution in [0.5, 0.6) is 0 Å². The fourth-order valence-electron chi connectivity index (χ4n) is 5.85. The van der Waals surface area contributed by atoms with Crippen LogP contribution in [0.3, 0.4) is 0 Å². The number of hydrogen-bond acceptors (Lipinski definition) is 7. The van der Waals surface area contributed by atoms with Gasteiger partial charge in [0.1, 0.15) is 11.9 Å². The molecule has 4 aromatic rings. The first kappa shape index (κ1) is 31.8. The molecule has 0 aromatic heterocycles. The van der Waals surface area contributed by atoms with Crippen LogP contribution in [0.25, 0.3) is 0 Å². The normalized spacial score (nSPS) is 19.0. The van der Waals surface area contributed by atoms with E-state index in [0.29, 0.717) is 35.3 Å². The number of likely N-dealkylation sites (tertiary alicyclic amines) is 1. The first-order valence-corrected chi connectivity index (χ1v) is 14.4. The van der Waals surface area contributed by atoms with Gasteiger partial charge in [-0.2, -0.15) is 0 Å². The second-order valence-corrected chi connectivity index (χ2v) is 10.8. The van der Waals surface area contributed by atoms with E-state index < -0.39 is 29.8 Å². The van der Waals surface area contributed by atoms with Gasteiger partial charge < -0.3 is 15.3 Å². The van der Waals surface area contributed by atoms with Gasteiger partial charge in [-0.15, -0.1) is 0 Å². The van der Waals surface area contributed by atoms with Gasteiger partial charge in [0.25, 0.3) is 0 Å². The Labute approximate surface area is 270 Å². The second kappa shape index (κ2) is 14.0. The largest absolute Gasteiger partial charge is 2.00 e. The van der Waals surface area contributed by atoms with Crippen LogP contribution in [0.4, 0.5) is 10.1 Å². The van der Waals surface area contributed by atoms with Crippen molar-refractivity contribution in [2.75, 3.05) is 6.54 Å². The first-order valence-electron chi connectivity index (χ1n) is 14.4. The third-order valence-electron chi connectivity index (χ3n) is 7.96. The number of para-hydroxylation sites is 1. The molecule has 0 amide bonds. The molecule has 1 saturated heterocycles. The predicted octanol–water partition coefficient (Wildman–Crippen LogP) is 4.03. The summed E-state index contributed by atoms with van der Waals surface area (Å²) in [6.07, 6.45) is 1.57. The van der Waals surface area contributed by atoms with Crippen molar-refractivity contribution in [3.63, 3.8) is 0 Å². The van der Waals surface area contributed by atoms with E-state index in [1.54, 1.807) is 48.5 Å². The molecule has 10 heteroatoms. The number of aliphatic carboxylic acids is 1. The molecule has 2 aliphatic heterocycles. The quantitative estimate of drug-likeness (QED) is 0.167. The molecule has 3 unspecified atom stereocenters. The zero-order chi connectivity index (χ0) is 30.6. The zero-order valence-electron chi connectivity index (χ0n) is 24.0. The standard InChI is InChI=1S/C35H31FN4O4.Ni/c36-24-17-18-25-27(20-24)33(41)39-31(25)32(35(43)44)38-30(23-12-5-2-6-13-23)26-14-7-8-15-28(26)37-34(42)29-16-9-19-40(29)21-22-10-3-1-4-11-22;/h1-8,10-15,17-18,20,29,31-32H,9,16,19,21H2,(H,37,42)(H,39,41)(H,43,44);/q;+2/p-2. The van der Waals surface area contributed by atoms with Crippen molar-refractivity contribution in [3.8, 4) is 0 Å². The third-order valence-corrected chi connectivity index (χ3v) is 7.96. The Balaban J connectivity index is 0.00000400. The summed E-state index contributed by atoms with van der Waals surface area (Å²) in [5.74, 6) is -2.88. The average molecular weight is 647 g/mol. The molecule has 1 fully saturated rings. The number of nitrogens with zero attached hydrogens (tertiary/aromatic N) is 4. The molecule has 0 saturated carbocycles. The fraction of sp³-hybridized carbons (Fsp3) is 0.200. The Morgan fingerprint density at radius 3 is 2.42 bits per heavy atom. The number of hydrogen-bond donors (Lipinski definition) is 1. The summed E-state index contributed by atoms with van der Waals surface area (Å²) in [6, 6.07) is 26.5. The van der Waals surface area contributed by atoms with Crippen LogP contribution >= 0.6 is 0 Å². The van der Waals surface area contributed by atoms with Crippen molar-refractivity contribution in [1.29, 1.82) is 0 Å². The van der Waals surface area contributed by atoms with Gasteiger partial charge >= 0.3 is 22.5 Å². The first-order chi connectivity index (χ1) is 21.4. The van der Waals surface area contributed by atoms with Crippen LogP contribution in [-0.4, -0.2) is 52.1 Å². The summed E-state index contributed by atoms with van der Waals surface area (Å²) in [7, 11) is 0. The molecule has 0 spiro atoms. The Morgan fingerprint density at radius 2 is 1.69 bits per heavy atom. The van der Waals surface area contributed by atoms with Gasteiger partial charge in [-0.05, 0) is 66.1 Å². The smallest absolute Gasteiger partial charge is 0.861 e. The molecular formula is C35H29FN4NiO4. The van der Waals surface area contributed by atoms with Gasteiger partial charge in [-0.25, -0.2) is 9.18 Å². The number of carboxylic acids is 1. The van der Waals surface area contributed by atoms with Crippen molar-refractivity contribution in [2.24, 2.45) is 15.0 Å². The van der Waals surface area contributed by atoms with E-state index in [1.165, 1.54) is 12.1 Å². The summed E-state index contributed by atoms with van der Waals surface area (Å²) < 4.78 is 13.9. The average Bonchev–Trinajstić information content (AvgIpc) is 3.63. The maximum absolute atomic E-state index is 13.9. The molecule has 0 aliphatic carbocycles. The Morgan fingerprint density at radius 1 is 1.00 bits per heavy atom. The van der Waals surface area contributed by atoms with Crippen LogP contribution in [0.15, 0.2) is 118 Å². The van der Waals surface area contributed by atoms with Crippen molar-refractivity contribution >= 4 is 29.2 Å². The van der Waals surface area contributed by atoms with E-state index in [9.17, 15) is 24.5 Å². The van der Waals surface area contributed by atoms with Crippen LogP contribution in [0.2, 0.25) is 0 Å². The van der Waals surface area contributed by atoms with Crippen molar-refractivity contribution in [3.05, 3.63) is 137 Å². The molecule has 3 atom stereocenters. The summed E-state index contributed by atoms with van der Waals surface area (Å²) in [4.78, 5) is 28.1. The number of fused-ring (bicyclic) bond motifs is 1. The molecule has 0 bridgehead atoms. The minimum atomic E-state index is -1.50. The molecule has 4 aromatic carbocycles. The topological polar surface area (TPSA) is 124 Å². The fourth-order valence-corrected chi connectivity index (χ4v) is 5.85. The minimum Gasteiger partial charge on any atom is -0.861 e. The van der Waals surface area contributed by atoms with E-state index in [2.05, 4.69) is 19.9 Å². The number of carbonyl (C=O) groups is 1. The number of halogens is 1. The Kier molecular flexibility index (Phi) is 9.86. The van der Waals surface area contributed by atoms with Gasteiger partial charge in [-0.1, -0.05) is 84.9 Å². The molecule has 8 nitrogen and oxygen atoms in total. The molecule has 1 N–H and O–H groups in total. The molecule has 2 aliphatic rings. The van der Waals surface area contributed by atoms with Gasteiger partial charge in [0.05, 0.1) is 11.4 Å². The van der Waals surface area contributed by atoms with Crippen LogP contribution in [-0.2, 0) is 27.8 Å². The van der Waals surface area contributed by atoms with Crippen LogP contribution < -0.4 is 10.2 Å². The molecule has 0 radical (unpaired) electrons. The van der Waals surface area contributed by atoms with Crippen molar-refractivity contribution in [2.45, 2.75) is 37.5 Å².